The summed E-state index contributed by atoms with van der Waals surface area (Å²) in [5, 5.41) is 0. The van der Waals surface area contributed by atoms with Crippen molar-refractivity contribution in [3.05, 3.63) is 60.6 Å². The summed E-state index contributed by atoms with van der Waals surface area (Å²) in [6, 6.07) is 13.9. The van der Waals surface area contributed by atoms with E-state index in [9.17, 15) is 0 Å². The van der Waals surface area contributed by atoms with Gasteiger partial charge in [0.1, 0.15) is 12.2 Å². The Bertz CT molecular complexity index is 700. The van der Waals surface area contributed by atoms with Crippen LogP contribution in [0.2, 0.25) is 0 Å². The van der Waals surface area contributed by atoms with Gasteiger partial charge in [-0.05, 0) is 32.4 Å². The molecule has 1 aromatic heterocycles. The predicted octanol–water partition coefficient (Wildman–Crippen LogP) is 3.08. The van der Waals surface area contributed by atoms with E-state index in [0.29, 0.717) is 12.5 Å². The molecule has 1 fully saturated rings. The molecule has 5 heteroatoms. The maximum atomic E-state index is 6.08. The molecule has 0 radical (unpaired) electrons. The Balaban J connectivity index is 1.84. The van der Waals surface area contributed by atoms with Gasteiger partial charge < -0.3 is 14.0 Å². The molecule has 1 aromatic carbocycles. The Morgan fingerprint density at radius 3 is 2.42 bits per heavy atom. The van der Waals surface area contributed by atoms with Crippen LogP contribution in [0.15, 0.2) is 42.5 Å². The van der Waals surface area contributed by atoms with E-state index in [1.165, 1.54) is 0 Å². The van der Waals surface area contributed by atoms with Crippen LogP contribution in [0.4, 0.5) is 0 Å². The number of pyridine rings is 1. The van der Waals surface area contributed by atoms with Gasteiger partial charge in [0.05, 0.1) is 6.92 Å². The highest BCUT2D eigenvalue weighted by atomic mass is 16.7. The molecule has 0 saturated carbocycles. The number of aryl methyl sites for hydroxylation is 1. The first-order valence-corrected chi connectivity index (χ1v) is 8.14. The van der Waals surface area contributed by atoms with E-state index in [1.54, 1.807) is 0 Å². The van der Waals surface area contributed by atoms with Crippen molar-refractivity contribution in [2.45, 2.75) is 45.5 Å². The Hall–Kier alpha value is -1.98. The summed E-state index contributed by atoms with van der Waals surface area (Å²) in [4.78, 5) is 4.53. The molecule has 1 aliphatic heterocycles. The third-order valence-corrected chi connectivity index (χ3v) is 4.54. The predicted molar refractivity (Wildman–Crippen MR) is 95.1 cm³/mol. The van der Waals surface area contributed by atoms with Gasteiger partial charge in [-0.25, -0.2) is 4.98 Å². The second kappa shape index (κ2) is 6.15. The lowest BCUT2D eigenvalue weighted by atomic mass is 9.79. The molecule has 0 bridgehead atoms. The Morgan fingerprint density at radius 2 is 1.79 bits per heavy atom. The zero-order valence-electron chi connectivity index (χ0n) is 14.7. The maximum absolute atomic E-state index is 6.08. The van der Waals surface area contributed by atoms with Gasteiger partial charge in [0.15, 0.2) is 0 Å². The number of ether oxygens (including phenoxy) is 1. The average Bonchev–Trinajstić information content (AvgIpc) is 2.74. The minimum absolute atomic E-state index is 0.446. The molecule has 1 unspecified atom stereocenters. The van der Waals surface area contributed by atoms with E-state index in [0.717, 1.165) is 16.7 Å². The first-order valence-electron chi connectivity index (χ1n) is 8.14. The van der Waals surface area contributed by atoms with Gasteiger partial charge in [-0.1, -0.05) is 36.4 Å². The SMILES string of the molecule is [CH2+]C1(C)OB(c2ccc(C)nc2OCc2ccccc2)OC1(C)C. The third kappa shape index (κ3) is 3.28. The summed E-state index contributed by atoms with van der Waals surface area (Å²) in [6.07, 6.45) is 0. The summed E-state index contributed by atoms with van der Waals surface area (Å²) >= 11 is 0. The standard InChI is InChI=1S/C19H23BNO3/c1-14-11-12-16(20-23-18(2,3)19(4,5)24-20)17(21-14)22-13-15-9-7-6-8-10-15/h6-12H,2,13H2,1,3-5H3/q+1. The summed E-state index contributed by atoms with van der Waals surface area (Å²) in [5.74, 6) is 0.539. The molecule has 1 aliphatic rings. The highest BCUT2D eigenvalue weighted by molar-refractivity contribution is 6.63. The summed E-state index contributed by atoms with van der Waals surface area (Å²) in [5.41, 5.74) is 1.62. The topological polar surface area (TPSA) is 40.6 Å². The minimum Gasteiger partial charge on any atom is -0.473 e. The fourth-order valence-corrected chi connectivity index (χ4v) is 2.49. The van der Waals surface area contributed by atoms with Crippen LogP contribution in [-0.4, -0.2) is 23.3 Å². The van der Waals surface area contributed by atoms with Crippen LogP contribution < -0.4 is 10.2 Å². The van der Waals surface area contributed by atoms with Crippen LogP contribution in [0.1, 0.15) is 32.0 Å². The van der Waals surface area contributed by atoms with Gasteiger partial charge in [0.25, 0.3) is 0 Å². The lowest BCUT2D eigenvalue weighted by Crippen LogP contribution is -2.42. The smallest absolute Gasteiger partial charge is 0.473 e. The Morgan fingerprint density at radius 1 is 1.08 bits per heavy atom. The first-order chi connectivity index (χ1) is 11.3. The van der Waals surface area contributed by atoms with Gasteiger partial charge in [-0.2, -0.15) is 0 Å². The number of nitrogens with zero attached hydrogens (tertiary/aromatic N) is 1. The van der Waals surface area contributed by atoms with Gasteiger partial charge in [0.2, 0.25) is 11.5 Å². The van der Waals surface area contributed by atoms with Crippen molar-refractivity contribution in [3.8, 4) is 5.88 Å². The van der Waals surface area contributed by atoms with Crippen molar-refractivity contribution in [2.75, 3.05) is 0 Å². The van der Waals surface area contributed by atoms with E-state index in [-0.39, 0.29) is 0 Å². The number of hydrogen-bond acceptors (Lipinski definition) is 4. The largest absolute Gasteiger partial charge is 0.503 e. The lowest BCUT2D eigenvalue weighted by molar-refractivity contribution is 0.0262. The highest BCUT2D eigenvalue weighted by Gasteiger charge is 2.57. The molecule has 2 aromatic rings. The molecule has 124 valence electrons. The van der Waals surface area contributed by atoms with Crippen LogP contribution in [0.3, 0.4) is 0 Å². The molecular weight excluding hydrogens is 301 g/mol. The zero-order valence-corrected chi connectivity index (χ0v) is 14.7. The van der Waals surface area contributed by atoms with E-state index in [4.69, 9.17) is 14.0 Å². The van der Waals surface area contributed by atoms with Crippen molar-refractivity contribution in [1.29, 1.82) is 0 Å². The van der Waals surface area contributed by atoms with Crippen molar-refractivity contribution in [1.82, 2.24) is 4.98 Å². The van der Waals surface area contributed by atoms with Crippen LogP contribution in [0.25, 0.3) is 0 Å². The van der Waals surface area contributed by atoms with Gasteiger partial charge in [-0.3, -0.25) is 0 Å². The first kappa shape index (κ1) is 16.9. The second-order valence-electron chi connectivity index (χ2n) is 6.93. The van der Waals surface area contributed by atoms with Gasteiger partial charge >= 0.3 is 7.12 Å². The lowest BCUT2D eigenvalue weighted by Gasteiger charge is -2.25. The average molecular weight is 324 g/mol. The molecule has 24 heavy (non-hydrogen) atoms. The van der Waals surface area contributed by atoms with E-state index in [2.05, 4.69) is 11.9 Å². The summed E-state index contributed by atoms with van der Waals surface area (Å²) < 4.78 is 18.1. The molecule has 1 saturated heterocycles. The monoisotopic (exact) mass is 324 g/mol. The normalized spacial score (nSPS) is 22.6. The van der Waals surface area contributed by atoms with Crippen LogP contribution in [-0.2, 0) is 15.9 Å². The van der Waals surface area contributed by atoms with Crippen molar-refractivity contribution in [3.63, 3.8) is 0 Å². The molecule has 0 amide bonds. The van der Waals surface area contributed by atoms with E-state index >= 15 is 0 Å². The highest BCUT2D eigenvalue weighted by Crippen LogP contribution is 2.36. The minimum atomic E-state index is -0.640. The zero-order chi connectivity index (χ0) is 17.4. The molecule has 0 N–H and O–H groups in total. The number of benzene rings is 1. The summed E-state index contributed by atoms with van der Waals surface area (Å²) in [7, 11) is -0.540. The Labute approximate surface area is 144 Å². The van der Waals surface area contributed by atoms with Crippen molar-refractivity contribution in [2.24, 2.45) is 0 Å². The van der Waals surface area contributed by atoms with Crippen LogP contribution in [0, 0.1) is 13.8 Å². The fraction of sp³-hybridized carbons (Fsp3) is 0.368. The maximum Gasteiger partial charge on any atom is 0.503 e. The second-order valence-corrected chi connectivity index (χ2v) is 6.93. The van der Waals surface area contributed by atoms with Crippen LogP contribution in [0.5, 0.6) is 5.88 Å². The van der Waals surface area contributed by atoms with E-state index < -0.39 is 18.3 Å². The molecule has 2 heterocycles. The molecule has 4 nitrogen and oxygen atoms in total. The summed E-state index contributed by atoms with van der Waals surface area (Å²) in [6.45, 7) is 12.4. The van der Waals surface area contributed by atoms with Crippen LogP contribution >= 0.6 is 0 Å². The number of hydrogen-bond donors (Lipinski definition) is 0. The molecule has 3 rings (SSSR count). The van der Waals surface area contributed by atoms with E-state index in [1.807, 2.05) is 70.2 Å². The van der Waals surface area contributed by atoms with Gasteiger partial charge in [0, 0.05) is 18.1 Å². The fourth-order valence-electron chi connectivity index (χ4n) is 2.49. The molecular formula is C19H23BNO3+. The molecule has 0 spiro atoms. The molecule has 0 aliphatic carbocycles. The number of aromatic nitrogens is 1. The Kier molecular flexibility index (Phi) is 4.32. The van der Waals surface area contributed by atoms with Gasteiger partial charge in [-0.15, -0.1) is 0 Å². The third-order valence-electron chi connectivity index (χ3n) is 4.54. The number of rotatable bonds is 4. The quantitative estimate of drug-likeness (QED) is 0.640. The molecule has 1 atom stereocenters. The van der Waals surface area contributed by atoms with Crippen molar-refractivity contribution >= 4 is 12.6 Å². The van der Waals surface area contributed by atoms with Crippen molar-refractivity contribution < 1.29 is 14.0 Å².